The van der Waals surface area contributed by atoms with Crippen LogP contribution >= 0.6 is 0 Å². The van der Waals surface area contributed by atoms with Crippen molar-refractivity contribution in [2.45, 2.75) is 19.8 Å². The van der Waals surface area contributed by atoms with Gasteiger partial charge in [0.25, 0.3) is 5.91 Å². The Morgan fingerprint density at radius 1 is 0.800 bits per heavy atom. The smallest absolute Gasteiger partial charge is 0.305 e. The number of fused-ring (bicyclic) bond motifs is 1. The predicted octanol–water partition coefficient (Wildman–Crippen LogP) is 6.46. The highest BCUT2D eigenvalue weighted by molar-refractivity contribution is 6.13. The molecule has 2 aromatic carbocycles. The molecule has 2 aliphatic carbocycles. The van der Waals surface area contributed by atoms with Crippen molar-refractivity contribution in [3.8, 4) is 28.0 Å². The molecule has 0 unspecified atom stereocenters. The summed E-state index contributed by atoms with van der Waals surface area (Å²) in [6.45, 7) is 2.51. The van der Waals surface area contributed by atoms with E-state index in [-0.39, 0.29) is 11.9 Å². The number of anilines is 1. The largest absolute Gasteiger partial charge is 0.491 e. The Labute approximate surface area is 206 Å². The molecular weight excluding hydrogens is 438 g/mol. The Hall–Kier alpha value is -4.12. The van der Waals surface area contributed by atoms with Crippen LogP contribution in [-0.4, -0.2) is 32.1 Å². The molecule has 0 bridgehead atoms. The molecule has 5 heteroatoms. The number of nitrogens with zero attached hydrogens (tertiary/aromatic N) is 1. The molecule has 4 rings (SSSR count). The van der Waals surface area contributed by atoms with E-state index in [1.807, 2.05) is 72.8 Å². The number of hydrogen-bond donors (Lipinski definition) is 0. The van der Waals surface area contributed by atoms with E-state index in [2.05, 4.69) is 18.2 Å². The van der Waals surface area contributed by atoms with Gasteiger partial charge in [0.1, 0.15) is 5.75 Å². The van der Waals surface area contributed by atoms with Crippen LogP contribution in [0.15, 0.2) is 91.0 Å². The van der Waals surface area contributed by atoms with Gasteiger partial charge in [-0.1, -0.05) is 72.8 Å². The molecule has 0 N–H and O–H groups in total. The van der Waals surface area contributed by atoms with Crippen LogP contribution in [0.1, 0.15) is 30.1 Å². The van der Waals surface area contributed by atoms with Crippen LogP contribution in [-0.2, 0) is 9.53 Å². The number of carbonyl (C=O) groups excluding carboxylic acids is 2. The number of ether oxygens (including phenoxy) is 2. The maximum absolute atomic E-state index is 13.8. The van der Waals surface area contributed by atoms with Crippen molar-refractivity contribution in [1.29, 1.82) is 0 Å². The zero-order valence-corrected chi connectivity index (χ0v) is 20.1. The van der Waals surface area contributed by atoms with E-state index in [1.165, 1.54) is 0 Å². The Balaban J connectivity index is 1.59. The van der Waals surface area contributed by atoms with E-state index in [0.717, 1.165) is 22.3 Å². The average Bonchev–Trinajstić information content (AvgIpc) is 3.07. The standard InChI is InChI=1S/C30H29NO4/c1-3-34-29(32)19-12-20-35-28-18-11-10-17-27(28)31(2)30(33)26-21-25(22-13-6-4-7-14-22)23-15-8-5-9-16-24(23)26/h4-11,13-18,21H,3,12,19-20H2,1-2H3. The number of para-hydroxylation sites is 2. The summed E-state index contributed by atoms with van der Waals surface area (Å²) in [7, 11) is 1.76. The molecule has 1 amide bonds. The summed E-state index contributed by atoms with van der Waals surface area (Å²) in [6.07, 6.45) is 0.832. The molecule has 0 spiro atoms. The number of carbonyl (C=O) groups is 2. The summed E-state index contributed by atoms with van der Waals surface area (Å²) >= 11 is 0. The van der Waals surface area contributed by atoms with Crippen LogP contribution in [0.3, 0.4) is 0 Å². The number of benzene rings is 2. The second-order valence-electron chi connectivity index (χ2n) is 8.16. The van der Waals surface area contributed by atoms with Gasteiger partial charge in [0.2, 0.25) is 0 Å². The number of amides is 1. The molecule has 0 atom stereocenters. The van der Waals surface area contributed by atoms with Gasteiger partial charge in [-0.3, -0.25) is 9.59 Å². The van der Waals surface area contributed by atoms with E-state index in [4.69, 9.17) is 9.47 Å². The summed E-state index contributed by atoms with van der Waals surface area (Å²) < 4.78 is 10.9. The third kappa shape index (κ3) is 5.52. The van der Waals surface area contributed by atoms with Crippen molar-refractivity contribution in [1.82, 2.24) is 0 Å². The van der Waals surface area contributed by atoms with Crippen LogP contribution < -0.4 is 9.64 Å². The minimum atomic E-state index is -0.234. The van der Waals surface area contributed by atoms with Crippen LogP contribution in [0.5, 0.6) is 5.75 Å². The molecule has 0 aliphatic heterocycles. The van der Waals surface area contributed by atoms with Gasteiger partial charge < -0.3 is 14.4 Å². The Kier molecular flexibility index (Phi) is 7.78. The Morgan fingerprint density at radius 3 is 2.20 bits per heavy atom. The van der Waals surface area contributed by atoms with Crippen LogP contribution in [0.25, 0.3) is 22.3 Å². The van der Waals surface area contributed by atoms with E-state index in [1.54, 1.807) is 18.9 Å². The van der Waals surface area contributed by atoms with Crippen molar-refractivity contribution in [2.75, 3.05) is 25.2 Å². The van der Waals surface area contributed by atoms with Gasteiger partial charge in [0.15, 0.2) is 0 Å². The van der Waals surface area contributed by atoms with Crippen molar-refractivity contribution >= 4 is 17.6 Å². The predicted molar refractivity (Wildman–Crippen MR) is 139 cm³/mol. The fraction of sp³-hybridized carbons (Fsp3) is 0.200. The van der Waals surface area contributed by atoms with Crippen molar-refractivity contribution < 1.29 is 19.1 Å². The van der Waals surface area contributed by atoms with Crippen LogP contribution in [0.4, 0.5) is 5.69 Å². The molecule has 0 radical (unpaired) electrons. The first-order valence-corrected chi connectivity index (χ1v) is 11.8. The topological polar surface area (TPSA) is 55.8 Å². The summed E-state index contributed by atoms with van der Waals surface area (Å²) in [5.74, 6) is 0.241. The molecule has 2 aliphatic rings. The number of esters is 1. The third-order valence-electron chi connectivity index (χ3n) is 5.84. The van der Waals surface area contributed by atoms with Crippen molar-refractivity contribution in [2.24, 2.45) is 0 Å². The molecule has 0 saturated carbocycles. The molecule has 178 valence electrons. The molecule has 0 fully saturated rings. The van der Waals surface area contributed by atoms with Gasteiger partial charge in [-0.25, -0.2) is 0 Å². The minimum Gasteiger partial charge on any atom is -0.491 e. The number of hydrogen-bond acceptors (Lipinski definition) is 4. The average molecular weight is 468 g/mol. The van der Waals surface area contributed by atoms with Gasteiger partial charge in [0, 0.05) is 19.0 Å². The van der Waals surface area contributed by atoms with Crippen LogP contribution in [0.2, 0.25) is 0 Å². The highest BCUT2D eigenvalue weighted by atomic mass is 16.5. The fourth-order valence-electron chi connectivity index (χ4n) is 4.13. The molecule has 0 aromatic heterocycles. The Morgan fingerprint density at radius 2 is 1.46 bits per heavy atom. The summed E-state index contributed by atoms with van der Waals surface area (Å²) in [6, 6.07) is 29.5. The lowest BCUT2D eigenvalue weighted by Crippen LogP contribution is -2.26. The van der Waals surface area contributed by atoms with Crippen LogP contribution in [0, 0.1) is 0 Å². The zero-order valence-electron chi connectivity index (χ0n) is 20.1. The first-order valence-electron chi connectivity index (χ1n) is 11.8. The highest BCUT2D eigenvalue weighted by Crippen LogP contribution is 2.40. The van der Waals surface area contributed by atoms with E-state index >= 15 is 0 Å². The van der Waals surface area contributed by atoms with Gasteiger partial charge in [0.05, 0.1) is 18.9 Å². The SMILES string of the molecule is CCOC(=O)CCCOc1ccccc1N(C)C(=O)c1cc(-c2ccccc2)c2cccccc1-2. The molecule has 5 nitrogen and oxygen atoms in total. The highest BCUT2D eigenvalue weighted by Gasteiger charge is 2.25. The monoisotopic (exact) mass is 467 g/mol. The van der Waals surface area contributed by atoms with Gasteiger partial charge in [-0.2, -0.15) is 0 Å². The second kappa shape index (κ2) is 11.3. The summed E-state index contributed by atoms with van der Waals surface area (Å²) in [5.41, 5.74) is 5.33. The third-order valence-corrected chi connectivity index (χ3v) is 5.84. The van der Waals surface area contributed by atoms with Gasteiger partial charge >= 0.3 is 5.97 Å². The van der Waals surface area contributed by atoms with E-state index in [0.29, 0.717) is 43.1 Å². The second-order valence-corrected chi connectivity index (χ2v) is 8.16. The van der Waals surface area contributed by atoms with Crippen molar-refractivity contribution in [3.63, 3.8) is 0 Å². The van der Waals surface area contributed by atoms with Gasteiger partial charge in [-0.15, -0.1) is 0 Å². The maximum Gasteiger partial charge on any atom is 0.305 e. The first kappa shape index (κ1) is 24.0. The first-order chi connectivity index (χ1) is 17.1. The molecule has 0 heterocycles. The number of rotatable bonds is 9. The summed E-state index contributed by atoms with van der Waals surface area (Å²) in [5, 5.41) is 0. The van der Waals surface area contributed by atoms with E-state index in [9.17, 15) is 9.59 Å². The fourth-order valence-corrected chi connectivity index (χ4v) is 4.13. The Bertz CT molecular complexity index is 1270. The lowest BCUT2D eigenvalue weighted by molar-refractivity contribution is -0.143. The molecule has 2 aromatic rings. The molecular formula is C30H29NO4. The van der Waals surface area contributed by atoms with E-state index < -0.39 is 0 Å². The molecule has 0 saturated heterocycles. The quantitative estimate of drug-likeness (QED) is 0.209. The minimum absolute atomic E-state index is 0.119. The zero-order chi connectivity index (χ0) is 24.6. The summed E-state index contributed by atoms with van der Waals surface area (Å²) in [4.78, 5) is 27.0. The molecule has 35 heavy (non-hydrogen) atoms. The lowest BCUT2D eigenvalue weighted by Gasteiger charge is -2.21. The lowest BCUT2D eigenvalue weighted by atomic mass is 10.0. The van der Waals surface area contributed by atoms with Crippen molar-refractivity contribution in [3.05, 3.63) is 96.6 Å². The normalized spacial score (nSPS) is 10.7. The maximum atomic E-state index is 13.8. The van der Waals surface area contributed by atoms with Gasteiger partial charge in [-0.05, 0) is 53.8 Å².